The molecule has 0 radical (unpaired) electrons. The smallest absolute Gasteiger partial charge is 0.251 e. The monoisotopic (exact) mass is 368 g/mol. The Kier molecular flexibility index (Phi) is 6.53. The summed E-state index contributed by atoms with van der Waals surface area (Å²) in [7, 11) is 0. The second-order valence-corrected chi connectivity index (χ2v) is 6.83. The molecule has 0 unspecified atom stereocenters. The molecular weight excluding hydrogens is 340 g/mol. The van der Waals surface area contributed by atoms with Crippen molar-refractivity contribution in [3.8, 4) is 11.3 Å². The van der Waals surface area contributed by atoms with Crippen molar-refractivity contribution in [1.82, 2.24) is 20.2 Å². The zero-order valence-electron chi connectivity index (χ0n) is 16.4. The van der Waals surface area contributed by atoms with Crippen LogP contribution in [0.15, 0.2) is 24.3 Å². The molecular formula is C21H28N4O2. The van der Waals surface area contributed by atoms with Gasteiger partial charge in [-0.3, -0.25) is 9.69 Å². The highest BCUT2D eigenvalue weighted by Gasteiger charge is 2.14. The summed E-state index contributed by atoms with van der Waals surface area (Å²) in [4.78, 5) is 24.0. The number of morpholine rings is 1. The molecule has 0 saturated carbocycles. The van der Waals surface area contributed by atoms with Crippen LogP contribution < -0.4 is 5.32 Å². The maximum atomic E-state index is 12.6. The molecule has 27 heavy (non-hydrogen) atoms. The highest BCUT2D eigenvalue weighted by Crippen LogP contribution is 2.25. The van der Waals surface area contributed by atoms with Crippen LogP contribution in [0.2, 0.25) is 0 Å². The van der Waals surface area contributed by atoms with E-state index in [4.69, 9.17) is 4.74 Å². The number of amides is 1. The van der Waals surface area contributed by atoms with Gasteiger partial charge in [-0.05, 0) is 38.0 Å². The minimum Gasteiger partial charge on any atom is -0.379 e. The van der Waals surface area contributed by atoms with E-state index in [0.29, 0.717) is 12.1 Å². The van der Waals surface area contributed by atoms with Gasteiger partial charge >= 0.3 is 0 Å². The number of carbonyl (C=O) groups is 1. The molecule has 0 spiro atoms. The van der Waals surface area contributed by atoms with Crippen LogP contribution in [-0.4, -0.2) is 60.2 Å². The van der Waals surface area contributed by atoms with Crippen molar-refractivity contribution in [2.24, 2.45) is 0 Å². The van der Waals surface area contributed by atoms with Crippen molar-refractivity contribution >= 4 is 5.91 Å². The van der Waals surface area contributed by atoms with Crippen LogP contribution in [-0.2, 0) is 11.2 Å². The predicted molar refractivity (Wildman–Crippen MR) is 106 cm³/mol. The maximum absolute atomic E-state index is 12.6. The van der Waals surface area contributed by atoms with Gasteiger partial charge in [0.2, 0.25) is 0 Å². The number of ether oxygens (including phenoxy) is 1. The Morgan fingerprint density at radius 1 is 1.22 bits per heavy atom. The Balaban J connectivity index is 1.71. The first-order chi connectivity index (χ1) is 13.1. The van der Waals surface area contributed by atoms with E-state index < -0.39 is 0 Å². The second kappa shape index (κ2) is 9.06. The van der Waals surface area contributed by atoms with Gasteiger partial charge in [-0.15, -0.1) is 0 Å². The van der Waals surface area contributed by atoms with Crippen LogP contribution >= 0.6 is 0 Å². The molecule has 2 aromatic rings. The Morgan fingerprint density at radius 3 is 2.74 bits per heavy atom. The molecule has 0 bridgehead atoms. The van der Waals surface area contributed by atoms with E-state index in [1.54, 1.807) is 0 Å². The zero-order chi connectivity index (χ0) is 19.2. The van der Waals surface area contributed by atoms with Crippen LogP contribution in [0.1, 0.15) is 34.4 Å². The molecule has 2 heterocycles. The van der Waals surface area contributed by atoms with Crippen LogP contribution in [0.4, 0.5) is 0 Å². The van der Waals surface area contributed by atoms with E-state index in [1.807, 2.05) is 38.1 Å². The minimum absolute atomic E-state index is 0.0503. The van der Waals surface area contributed by atoms with E-state index in [9.17, 15) is 4.79 Å². The Bertz CT molecular complexity index is 801. The first-order valence-electron chi connectivity index (χ1n) is 9.61. The molecule has 1 saturated heterocycles. The van der Waals surface area contributed by atoms with Crippen LogP contribution in [0.25, 0.3) is 11.3 Å². The molecule has 1 aliphatic rings. The first-order valence-corrected chi connectivity index (χ1v) is 9.61. The second-order valence-electron chi connectivity index (χ2n) is 6.83. The van der Waals surface area contributed by atoms with Gasteiger partial charge < -0.3 is 10.1 Å². The predicted octanol–water partition coefficient (Wildman–Crippen LogP) is 2.38. The normalized spacial score (nSPS) is 14.9. The van der Waals surface area contributed by atoms with E-state index in [0.717, 1.165) is 67.6 Å². The van der Waals surface area contributed by atoms with E-state index >= 15 is 0 Å². The van der Waals surface area contributed by atoms with E-state index in [2.05, 4.69) is 27.1 Å². The van der Waals surface area contributed by atoms with Crippen LogP contribution in [0, 0.1) is 13.8 Å². The van der Waals surface area contributed by atoms with Gasteiger partial charge in [-0.2, -0.15) is 0 Å². The largest absolute Gasteiger partial charge is 0.379 e. The molecule has 1 N–H and O–H groups in total. The lowest BCUT2D eigenvalue weighted by molar-refractivity contribution is 0.0383. The van der Waals surface area contributed by atoms with Gasteiger partial charge in [0.05, 0.1) is 18.9 Å². The van der Waals surface area contributed by atoms with Crippen molar-refractivity contribution < 1.29 is 9.53 Å². The summed E-state index contributed by atoms with van der Waals surface area (Å²) >= 11 is 0. The molecule has 1 aromatic carbocycles. The van der Waals surface area contributed by atoms with Gasteiger partial charge in [0.15, 0.2) is 0 Å². The SMILES string of the molecule is CCc1c(C)nc(C)nc1-c1cccc(C(=O)NCCN2CCOCC2)c1. The highest BCUT2D eigenvalue weighted by atomic mass is 16.5. The molecule has 1 amide bonds. The average Bonchev–Trinajstić information content (AvgIpc) is 2.68. The number of aryl methyl sites for hydroxylation is 2. The van der Waals surface area contributed by atoms with Crippen molar-refractivity contribution in [2.75, 3.05) is 39.4 Å². The molecule has 1 aromatic heterocycles. The topological polar surface area (TPSA) is 67.4 Å². The van der Waals surface area contributed by atoms with Gasteiger partial charge in [0.1, 0.15) is 5.82 Å². The van der Waals surface area contributed by atoms with Gasteiger partial charge in [-0.25, -0.2) is 9.97 Å². The number of nitrogens with one attached hydrogen (secondary N) is 1. The fraction of sp³-hybridized carbons (Fsp3) is 0.476. The van der Waals surface area contributed by atoms with Crippen LogP contribution in [0.3, 0.4) is 0 Å². The summed E-state index contributed by atoms with van der Waals surface area (Å²) in [6.45, 7) is 10.9. The fourth-order valence-electron chi connectivity index (χ4n) is 3.46. The summed E-state index contributed by atoms with van der Waals surface area (Å²) < 4.78 is 5.35. The van der Waals surface area contributed by atoms with E-state index in [-0.39, 0.29) is 5.91 Å². The Morgan fingerprint density at radius 2 is 2.00 bits per heavy atom. The molecule has 1 fully saturated rings. The minimum atomic E-state index is -0.0503. The number of carbonyl (C=O) groups excluding carboxylic acids is 1. The summed E-state index contributed by atoms with van der Waals surface area (Å²) in [6.07, 6.45) is 0.859. The molecule has 1 aliphatic heterocycles. The standard InChI is InChI=1S/C21H28N4O2/c1-4-19-15(2)23-16(3)24-20(19)17-6-5-7-18(14-17)21(26)22-8-9-25-10-12-27-13-11-25/h5-7,14H,4,8-13H2,1-3H3,(H,22,26). The maximum Gasteiger partial charge on any atom is 0.251 e. The molecule has 6 heteroatoms. The summed E-state index contributed by atoms with van der Waals surface area (Å²) in [5.41, 5.74) is 4.67. The highest BCUT2D eigenvalue weighted by molar-refractivity contribution is 5.95. The van der Waals surface area contributed by atoms with Gasteiger partial charge in [0.25, 0.3) is 5.91 Å². The number of hydrogen-bond acceptors (Lipinski definition) is 5. The number of aromatic nitrogens is 2. The van der Waals surface area contributed by atoms with E-state index in [1.165, 1.54) is 0 Å². The molecule has 0 aliphatic carbocycles. The van der Waals surface area contributed by atoms with Gasteiger partial charge in [-0.1, -0.05) is 19.1 Å². The van der Waals surface area contributed by atoms with Crippen molar-refractivity contribution in [3.05, 3.63) is 46.9 Å². The Hall–Kier alpha value is -2.31. The lowest BCUT2D eigenvalue weighted by Crippen LogP contribution is -2.41. The Labute approximate surface area is 161 Å². The molecule has 3 rings (SSSR count). The third-order valence-corrected chi connectivity index (χ3v) is 4.89. The van der Waals surface area contributed by atoms with Crippen molar-refractivity contribution in [2.45, 2.75) is 27.2 Å². The molecule has 0 atom stereocenters. The quantitative estimate of drug-likeness (QED) is 0.848. The summed E-state index contributed by atoms with van der Waals surface area (Å²) in [5.74, 6) is 0.700. The zero-order valence-corrected chi connectivity index (χ0v) is 16.4. The third kappa shape index (κ3) is 4.90. The summed E-state index contributed by atoms with van der Waals surface area (Å²) in [5, 5.41) is 3.02. The van der Waals surface area contributed by atoms with Crippen molar-refractivity contribution in [1.29, 1.82) is 0 Å². The fourth-order valence-corrected chi connectivity index (χ4v) is 3.46. The van der Waals surface area contributed by atoms with Crippen molar-refractivity contribution in [3.63, 3.8) is 0 Å². The molecule has 144 valence electrons. The third-order valence-electron chi connectivity index (χ3n) is 4.89. The summed E-state index contributed by atoms with van der Waals surface area (Å²) in [6, 6.07) is 7.69. The number of hydrogen-bond donors (Lipinski definition) is 1. The van der Waals surface area contributed by atoms with Crippen LogP contribution in [0.5, 0.6) is 0 Å². The average molecular weight is 368 g/mol. The lowest BCUT2D eigenvalue weighted by Gasteiger charge is -2.26. The number of nitrogens with zero attached hydrogens (tertiary/aromatic N) is 3. The number of rotatable bonds is 6. The molecule has 6 nitrogen and oxygen atoms in total. The van der Waals surface area contributed by atoms with Gasteiger partial charge in [0, 0.05) is 43.0 Å². The first kappa shape index (κ1) is 19.5. The lowest BCUT2D eigenvalue weighted by atomic mass is 10.0. The number of benzene rings is 1.